The van der Waals surface area contributed by atoms with E-state index in [0.29, 0.717) is 0 Å². The van der Waals surface area contributed by atoms with Crippen LogP contribution in [0.4, 0.5) is 10.5 Å². The highest BCUT2D eigenvalue weighted by molar-refractivity contribution is 5.91. The largest absolute Gasteiger partial charge is 0.446 e. The standard InChI is InChI=1S/C18H19NO2.H2/c20-18(21-15-10-4-5-11-15)19-17-13-7-6-12-16(17)14-8-2-1-3-9-14;/h1-3,6-9,12-13,15H,4-5,10-11H2,(H,19,20);1H. The summed E-state index contributed by atoms with van der Waals surface area (Å²) in [6.45, 7) is 0. The first-order valence-electron chi connectivity index (χ1n) is 7.45. The highest BCUT2D eigenvalue weighted by Crippen LogP contribution is 2.28. The smallest absolute Gasteiger partial charge is 0.411 e. The van der Waals surface area contributed by atoms with Crippen molar-refractivity contribution in [2.45, 2.75) is 31.8 Å². The third kappa shape index (κ3) is 3.43. The number of hydrogen-bond acceptors (Lipinski definition) is 2. The molecule has 0 saturated heterocycles. The molecule has 2 aromatic rings. The van der Waals surface area contributed by atoms with E-state index >= 15 is 0 Å². The zero-order chi connectivity index (χ0) is 14.5. The summed E-state index contributed by atoms with van der Waals surface area (Å²) >= 11 is 0. The number of ether oxygens (including phenoxy) is 1. The molecule has 0 aliphatic heterocycles. The van der Waals surface area contributed by atoms with Crippen molar-refractivity contribution < 1.29 is 11.0 Å². The van der Waals surface area contributed by atoms with Crippen LogP contribution in [0.15, 0.2) is 54.6 Å². The summed E-state index contributed by atoms with van der Waals surface area (Å²) in [5.41, 5.74) is 2.86. The lowest BCUT2D eigenvalue weighted by Gasteiger charge is -2.14. The lowest BCUT2D eigenvalue weighted by Crippen LogP contribution is -2.20. The third-order valence-electron chi connectivity index (χ3n) is 3.82. The third-order valence-corrected chi connectivity index (χ3v) is 3.82. The maximum atomic E-state index is 12.0. The van der Waals surface area contributed by atoms with Gasteiger partial charge < -0.3 is 4.74 Å². The number of carbonyl (C=O) groups is 1. The molecule has 0 radical (unpaired) electrons. The van der Waals surface area contributed by atoms with E-state index in [9.17, 15) is 4.79 Å². The number of carbonyl (C=O) groups excluding carboxylic acids is 1. The van der Waals surface area contributed by atoms with Crippen molar-refractivity contribution >= 4 is 11.8 Å². The SMILES string of the molecule is O=C(Nc1ccccc1-c1ccccc1)OC1CCCC1.[HH]. The zero-order valence-corrected chi connectivity index (χ0v) is 11.9. The Morgan fingerprint density at radius 3 is 2.43 bits per heavy atom. The molecular weight excluding hydrogens is 262 g/mol. The number of nitrogens with one attached hydrogen (secondary N) is 1. The van der Waals surface area contributed by atoms with E-state index in [2.05, 4.69) is 5.32 Å². The molecule has 0 spiro atoms. The number of rotatable bonds is 3. The molecule has 3 nitrogen and oxygen atoms in total. The maximum absolute atomic E-state index is 12.0. The summed E-state index contributed by atoms with van der Waals surface area (Å²) in [6, 6.07) is 17.8. The molecular formula is C18H21NO2. The van der Waals surface area contributed by atoms with Crippen LogP contribution in [0.25, 0.3) is 11.1 Å². The van der Waals surface area contributed by atoms with Gasteiger partial charge in [0, 0.05) is 6.99 Å². The van der Waals surface area contributed by atoms with Crippen LogP contribution in [0.1, 0.15) is 27.1 Å². The second kappa shape index (κ2) is 6.44. The molecule has 0 heterocycles. The summed E-state index contributed by atoms with van der Waals surface area (Å²) in [7, 11) is 0. The van der Waals surface area contributed by atoms with E-state index in [0.717, 1.165) is 42.5 Å². The van der Waals surface area contributed by atoms with Crippen LogP contribution in [-0.4, -0.2) is 12.2 Å². The molecule has 3 heteroatoms. The Morgan fingerprint density at radius 1 is 1.00 bits per heavy atom. The van der Waals surface area contributed by atoms with Gasteiger partial charge in [-0.05, 0) is 37.3 Å². The average molecular weight is 283 g/mol. The van der Waals surface area contributed by atoms with Crippen LogP contribution in [0.5, 0.6) is 0 Å². The Hall–Kier alpha value is -2.29. The van der Waals surface area contributed by atoms with Crippen LogP contribution in [0.3, 0.4) is 0 Å². The predicted octanol–water partition coefficient (Wildman–Crippen LogP) is 5.09. The van der Waals surface area contributed by atoms with Crippen LogP contribution in [-0.2, 0) is 4.74 Å². The number of hydrogen-bond donors (Lipinski definition) is 1. The van der Waals surface area contributed by atoms with Crippen molar-refractivity contribution in [1.82, 2.24) is 0 Å². The highest BCUT2D eigenvalue weighted by atomic mass is 16.6. The maximum Gasteiger partial charge on any atom is 0.411 e. The van der Waals surface area contributed by atoms with Gasteiger partial charge in [0.15, 0.2) is 0 Å². The normalized spacial score (nSPS) is 14.9. The summed E-state index contributed by atoms with van der Waals surface area (Å²) in [6.07, 6.45) is 3.98. The first-order valence-corrected chi connectivity index (χ1v) is 7.45. The minimum Gasteiger partial charge on any atom is -0.446 e. The van der Waals surface area contributed by atoms with Crippen molar-refractivity contribution in [3.63, 3.8) is 0 Å². The lowest BCUT2D eigenvalue weighted by atomic mass is 10.0. The van der Waals surface area contributed by atoms with Gasteiger partial charge in [0.1, 0.15) is 6.10 Å². The molecule has 0 bridgehead atoms. The van der Waals surface area contributed by atoms with E-state index in [4.69, 9.17) is 4.74 Å². The summed E-state index contributed by atoms with van der Waals surface area (Å²) in [5, 5.41) is 2.87. The van der Waals surface area contributed by atoms with Gasteiger partial charge in [-0.3, -0.25) is 5.32 Å². The van der Waals surface area contributed by atoms with E-state index in [1.165, 1.54) is 0 Å². The number of amides is 1. The molecule has 1 aliphatic rings. The molecule has 1 saturated carbocycles. The van der Waals surface area contributed by atoms with Gasteiger partial charge in [0.05, 0.1) is 5.69 Å². The Bertz CT molecular complexity index is 609. The molecule has 1 N–H and O–H groups in total. The van der Waals surface area contributed by atoms with Gasteiger partial charge in [0.25, 0.3) is 0 Å². The number of anilines is 1. The molecule has 2 aromatic carbocycles. The van der Waals surface area contributed by atoms with E-state index in [-0.39, 0.29) is 13.6 Å². The molecule has 1 aliphatic carbocycles. The van der Waals surface area contributed by atoms with Crippen molar-refractivity contribution in [1.29, 1.82) is 0 Å². The second-order valence-electron chi connectivity index (χ2n) is 5.35. The van der Waals surface area contributed by atoms with Crippen LogP contribution in [0.2, 0.25) is 0 Å². The molecule has 1 fully saturated rings. The average Bonchev–Trinajstić information content (AvgIpc) is 3.01. The fourth-order valence-corrected chi connectivity index (χ4v) is 2.76. The second-order valence-corrected chi connectivity index (χ2v) is 5.35. The minimum absolute atomic E-state index is 0. The molecule has 21 heavy (non-hydrogen) atoms. The molecule has 3 rings (SSSR count). The van der Waals surface area contributed by atoms with E-state index < -0.39 is 0 Å². The fourth-order valence-electron chi connectivity index (χ4n) is 2.76. The summed E-state index contributed by atoms with van der Waals surface area (Å²) < 4.78 is 5.46. The molecule has 1 amide bonds. The lowest BCUT2D eigenvalue weighted by molar-refractivity contribution is 0.114. The predicted molar refractivity (Wildman–Crippen MR) is 86.4 cm³/mol. The topological polar surface area (TPSA) is 38.3 Å². The molecule has 0 atom stereocenters. The minimum atomic E-state index is -0.356. The van der Waals surface area contributed by atoms with Crippen molar-refractivity contribution in [3.05, 3.63) is 54.6 Å². The van der Waals surface area contributed by atoms with Crippen molar-refractivity contribution in [2.24, 2.45) is 0 Å². The van der Waals surface area contributed by atoms with Gasteiger partial charge in [-0.2, -0.15) is 0 Å². The van der Waals surface area contributed by atoms with Crippen LogP contribution < -0.4 is 5.32 Å². The van der Waals surface area contributed by atoms with Crippen molar-refractivity contribution in [3.8, 4) is 11.1 Å². The van der Waals surface area contributed by atoms with Crippen LogP contribution >= 0.6 is 0 Å². The van der Waals surface area contributed by atoms with Gasteiger partial charge in [0.2, 0.25) is 0 Å². The molecule has 0 unspecified atom stereocenters. The van der Waals surface area contributed by atoms with Gasteiger partial charge in [-0.15, -0.1) is 0 Å². The summed E-state index contributed by atoms with van der Waals surface area (Å²) in [5.74, 6) is 0. The number of para-hydroxylation sites is 1. The van der Waals surface area contributed by atoms with Crippen LogP contribution in [0, 0.1) is 0 Å². The first-order chi connectivity index (χ1) is 10.3. The van der Waals surface area contributed by atoms with Gasteiger partial charge in [-0.25, -0.2) is 4.79 Å². The fraction of sp³-hybridized carbons (Fsp3) is 0.278. The monoisotopic (exact) mass is 283 g/mol. The highest BCUT2D eigenvalue weighted by Gasteiger charge is 2.19. The van der Waals surface area contributed by atoms with Gasteiger partial charge in [-0.1, -0.05) is 48.5 Å². The summed E-state index contributed by atoms with van der Waals surface area (Å²) in [4.78, 5) is 12.0. The zero-order valence-electron chi connectivity index (χ0n) is 11.9. The van der Waals surface area contributed by atoms with E-state index in [1.54, 1.807) is 0 Å². The Balaban J connectivity index is 0.00000176. The van der Waals surface area contributed by atoms with Crippen molar-refractivity contribution in [2.75, 3.05) is 5.32 Å². The Kier molecular flexibility index (Phi) is 4.20. The Labute approximate surface area is 126 Å². The molecule has 0 aromatic heterocycles. The first kappa shape index (κ1) is 13.7. The quantitative estimate of drug-likeness (QED) is 0.852. The number of benzene rings is 2. The van der Waals surface area contributed by atoms with E-state index in [1.807, 2.05) is 54.6 Å². The Morgan fingerprint density at radius 2 is 1.67 bits per heavy atom. The molecule has 110 valence electrons. The van der Waals surface area contributed by atoms with Gasteiger partial charge >= 0.3 is 6.09 Å².